The van der Waals surface area contributed by atoms with Gasteiger partial charge in [-0.25, -0.2) is 9.97 Å². The van der Waals surface area contributed by atoms with E-state index in [-0.39, 0.29) is 5.95 Å². The third-order valence-electron chi connectivity index (χ3n) is 2.99. The standard InChI is InChI=1S/C14H13N7O/c1-2-22-10-5-3-9(4-6-10)19-12-11(7-15)13-17-8-18-14(16)21(13)20-12/h3-6,8H,2H2,1H3,(H,19,20)(H2,16,17,18). The number of aromatic nitrogens is 4. The molecule has 3 aromatic rings. The van der Waals surface area contributed by atoms with Crippen molar-refractivity contribution in [1.29, 1.82) is 5.26 Å². The Kier molecular flexibility index (Phi) is 3.45. The molecule has 0 amide bonds. The summed E-state index contributed by atoms with van der Waals surface area (Å²) in [6, 6.07) is 9.43. The molecular weight excluding hydrogens is 282 g/mol. The Morgan fingerprint density at radius 2 is 2.09 bits per heavy atom. The minimum Gasteiger partial charge on any atom is -0.494 e. The number of nitrogen functional groups attached to an aromatic ring is 1. The molecule has 0 fully saturated rings. The van der Waals surface area contributed by atoms with Crippen LogP contribution in [0.1, 0.15) is 12.5 Å². The molecule has 0 aliphatic heterocycles. The molecule has 0 saturated carbocycles. The van der Waals surface area contributed by atoms with E-state index in [1.807, 2.05) is 31.2 Å². The highest BCUT2D eigenvalue weighted by atomic mass is 16.5. The zero-order valence-corrected chi connectivity index (χ0v) is 11.8. The molecule has 3 rings (SSSR count). The van der Waals surface area contributed by atoms with Crippen molar-refractivity contribution in [3.8, 4) is 11.8 Å². The van der Waals surface area contributed by atoms with Crippen molar-refractivity contribution >= 4 is 23.1 Å². The highest BCUT2D eigenvalue weighted by molar-refractivity contribution is 5.72. The van der Waals surface area contributed by atoms with Gasteiger partial charge in [0.2, 0.25) is 5.95 Å². The van der Waals surface area contributed by atoms with Gasteiger partial charge in [0, 0.05) is 5.69 Å². The van der Waals surface area contributed by atoms with Crippen LogP contribution in [0.15, 0.2) is 30.6 Å². The highest BCUT2D eigenvalue weighted by Gasteiger charge is 2.15. The van der Waals surface area contributed by atoms with E-state index in [9.17, 15) is 5.26 Å². The molecule has 110 valence electrons. The normalized spacial score (nSPS) is 10.4. The Hall–Kier alpha value is -3.34. The van der Waals surface area contributed by atoms with Crippen molar-refractivity contribution in [2.45, 2.75) is 6.92 Å². The second kappa shape index (κ2) is 5.57. The van der Waals surface area contributed by atoms with E-state index < -0.39 is 0 Å². The minimum atomic E-state index is 0.168. The summed E-state index contributed by atoms with van der Waals surface area (Å²) in [4.78, 5) is 7.89. The summed E-state index contributed by atoms with van der Waals surface area (Å²) in [6.07, 6.45) is 1.30. The molecule has 1 aromatic carbocycles. The quantitative estimate of drug-likeness (QED) is 0.753. The van der Waals surface area contributed by atoms with Crippen LogP contribution in [0.5, 0.6) is 5.75 Å². The number of hydrogen-bond acceptors (Lipinski definition) is 7. The summed E-state index contributed by atoms with van der Waals surface area (Å²) >= 11 is 0. The number of rotatable bonds is 4. The number of anilines is 3. The zero-order valence-electron chi connectivity index (χ0n) is 11.8. The van der Waals surface area contributed by atoms with Crippen LogP contribution in [0, 0.1) is 11.3 Å². The van der Waals surface area contributed by atoms with Crippen molar-refractivity contribution in [2.75, 3.05) is 17.7 Å². The third-order valence-corrected chi connectivity index (χ3v) is 2.99. The molecule has 8 nitrogen and oxygen atoms in total. The van der Waals surface area contributed by atoms with Gasteiger partial charge in [0.25, 0.3) is 0 Å². The fraction of sp³-hybridized carbons (Fsp3) is 0.143. The molecule has 0 spiro atoms. The van der Waals surface area contributed by atoms with Gasteiger partial charge >= 0.3 is 0 Å². The first kappa shape index (κ1) is 13.6. The molecule has 22 heavy (non-hydrogen) atoms. The van der Waals surface area contributed by atoms with Gasteiger partial charge in [-0.05, 0) is 31.2 Å². The molecule has 2 aromatic heterocycles. The Labute approximate surface area is 126 Å². The van der Waals surface area contributed by atoms with Crippen molar-refractivity contribution in [3.63, 3.8) is 0 Å². The van der Waals surface area contributed by atoms with Gasteiger partial charge in [-0.3, -0.25) is 0 Å². The first-order valence-electron chi connectivity index (χ1n) is 6.62. The van der Waals surface area contributed by atoms with E-state index in [4.69, 9.17) is 10.5 Å². The molecular formula is C14H13N7O. The Balaban J connectivity index is 1.97. The van der Waals surface area contributed by atoms with Crippen molar-refractivity contribution in [1.82, 2.24) is 19.6 Å². The van der Waals surface area contributed by atoms with Gasteiger partial charge in [-0.2, -0.15) is 9.78 Å². The molecule has 0 aliphatic rings. The minimum absolute atomic E-state index is 0.168. The average Bonchev–Trinajstić information content (AvgIpc) is 2.88. The van der Waals surface area contributed by atoms with Crippen molar-refractivity contribution < 1.29 is 4.74 Å². The number of ether oxygens (including phenoxy) is 1. The van der Waals surface area contributed by atoms with E-state index in [2.05, 4.69) is 26.5 Å². The largest absolute Gasteiger partial charge is 0.494 e. The van der Waals surface area contributed by atoms with Crippen molar-refractivity contribution in [3.05, 3.63) is 36.2 Å². The maximum atomic E-state index is 9.32. The number of fused-ring (bicyclic) bond motifs is 1. The van der Waals surface area contributed by atoms with Crippen LogP contribution in [0.2, 0.25) is 0 Å². The number of nitriles is 1. The maximum Gasteiger partial charge on any atom is 0.224 e. The predicted octanol–water partition coefficient (Wildman–Crippen LogP) is 1.72. The molecule has 3 N–H and O–H groups in total. The van der Waals surface area contributed by atoms with Crippen LogP contribution in [-0.2, 0) is 0 Å². The van der Waals surface area contributed by atoms with Crippen LogP contribution >= 0.6 is 0 Å². The van der Waals surface area contributed by atoms with E-state index >= 15 is 0 Å². The summed E-state index contributed by atoms with van der Waals surface area (Å²) < 4.78 is 6.71. The van der Waals surface area contributed by atoms with E-state index in [1.54, 1.807) is 0 Å². The number of nitrogens with two attached hydrogens (primary N) is 1. The lowest BCUT2D eigenvalue weighted by atomic mass is 10.3. The molecule has 0 saturated heterocycles. The second-order valence-electron chi connectivity index (χ2n) is 4.39. The smallest absolute Gasteiger partial charge is 0.224 e. The number of nitrogens with zero attached hydrogens (tertiary/aromatic N) is 5. The lowest BCUT2D eigenvalue weighted by molar-refractivity contribution is 0.340. The van der Waals surface area contributed by atoms with Crippen molar-refractivity contribution in [2.24, 2.45) is 0 Å². The first-order chi connectivity index (χ1) is 10.7. The topological polar surface area (TPSA) is 114 Å². The number of nitrogens with one attached hydrogen (secondary N) is 1. The lowest BCUT2D eigenvalue weighted by Gasteiger charge is -2.05. The van der Waals surface area contributed by atoms with Gasteiger partial charge in [0.05, 0.1) is 6.61 Å². The zero-order chi connectivity index (χ0) is 15.5. The summed E-state index contributed by atoms with van der Waals surface area (Å²) in [5, 5.41) is 16.6. The summed E-state index contributed by atoms with van der Waals surface area (Å²) in [7, 11) is 0. The number of benzene rings is 1. The molecule has 0 atom stereocenters. The van der Waals surface area contributed by atoms with E-state index in [0.717, 1.165) is 11.4 Å². The monoisotopic (exact) mass is 295 g/mol. The molecule has 0 radical (unpaired) electrons. The van der Waals surface area contributed by atoms with E-state index in [0.29, 0.717) is 23.6 Å². The fourth-order valence-corrected chi connectivity index (χ4v) is 2.01. The Morgan fingerprint density at radius 1 is 1.32 bits per heavy atom. The average molecular weight is 295 g/mol. The number of hydrogen-bond donors (Lipinski definition) is 2. The predicted molar refractivity (Wildman–Crippen MR) is 80.8 cm³/mol. The Bertz CT molecular complexity index is 848. The SMILES string of the molecule is CCOc1ccc(Nc2nn3c(N)ncnc3c2C#N)cc1. The third kappa shape index (κ3) is 2.35. The van der Waals surface area contributed by atoms with Crippen LogP contribution in [0.25, 0.3) is 5.65 Å². The van der Waals surface area contributed by atoms with Gasteiger partial charge in [-0.1, -0.05) is 0 Å². The van der Waals surface area contributed by atoms with Crippen LogP contribution in [0.3, 0.4) is 0 Å². The van der Waals surface area contributed by atoms with Crippen LogP contribution < -0.4 is 15.8 Å². The lowest BCUT2D eigenvalue weighted by Crippen LogP contribution is -2.02. The summed E-state index contributed by atoms with van der Waals surface area (Å²) in [5.41, 5.74) is 7.18. The molecule has 0 bridgehead atoms. The second-order valence-corrected chi connectivity index (χ2v) is 4.39. The van der Waals surface area contributed by atoms with Crippen LogP contribution in [0.4, 0.5) is 17.5 Å². The molecule has 8 heteroatoms. The summed E-state index contributed by atoms with van der Waals surface area (Å²) in [5.74, 6) is 1.32. The van der Waals surface area contributed by atoms with Gasteiger partial charge < -0.3 is 15.8 Å². The maximum absolute atomic E-state index is 9.32. The molecule has 0 aliphatic carbocycles. The highest BCUT2D eigenvalue weighted by Crippen LogP contribution is 2.24. The van der Waals surface area contributed by atoms with Gasteiger partial charge in [0.1, 0.15) is 23.7 Å². The first-order valence-corrected chi connectivity index (χ1v) is 6.62. The molecule has 0 unspecified atom stereocenters. The van der Waals surface area contributed by atoms with Gasteiger partial charge in [-0.15, -0.1) is 5.10 Å². The summed E-state index contributed by atoms with van der Waals surface area (Å²) in [6.45, 7) is 2.53. The van der Waals surface area contributed by atoms with E-state index in [1.165, 1.54) is 10.8 Å². The van der Waals surface area contributed by atoms with Gasteiger partial charge in [0.15, 0.2) is 11.5 Å². The molecule has 2 heterocycles. The van der Waals surface area contributed by atoms with Crippen LogP contribution in [-0.4, -0.2) is 26.2 Å². The Morgan fingerprint density at radius 3 is 2.77 bits per heavy atom. The fourth-order valence-electron chi connectivity index (χ4n) is 2.01.